The second kappa shape index (κ2) is 10.4. The molecule has 3 aromatic heterocycles. The number of ether oxygens (including phenoxy) is 2. The summed E-state index contributed by atoms with van der Waals surface area (Å²) >= 11 is 13.4. The number of aromatic nitrogens is 4. The summed E-state index contributed by atoms with van der Waals surface area (Å²) in [7, 11) is 2.99. The Morgan fingerprint density at radius 3 is 2.46 bits per heavy atom. The number of carbonyl (C=O) groups is 1. The van der Waals surface area contributed by atoms with Gasteiger partial charge in [-0.05, 0) is 25.1 Å². The van der Waals surface area contributed by atoms with Gasteiger partial charge in [0.2, 0.25) is 0 Å². The van der Waals surface area contributed by atoms with E-state index < -0.39 is 11.7 Å². The molecule has 1 amide bonds. The van der Waals surface area contributed by atoms with Gasteiger partial charge in [-0.15, -0.1) is 0 Å². The van der Waals surface area contributed by atoms with Crippen molar-refractivity contribution >= 4 is 62.9 Å². The molecule has 5 rings (SSSR count). The number of pyridine rings is 2. The number of nitrogens with zero attached hydrogens (tertiary/aromatic N) is 4. The Morgan fingerprint density at radius 1 is 1.08 bits per heavy atom. The van der Waals surface area contributed by atoms with Crippen molar-refractivity contribution in [1.82, 2.24) is 19.6 Å². The molecule has 0 atom stereocenters. The number of halogens is 3. The minimum absolute atomic E-state index is 0.0486. The first-order valence-corrected chi connectivity index (χ1v) is 12.2. The molecule has 0 aliphatic heterocycles. The van der Waals surface area contributed by atoms with E-state index >= 15 is 0 Å². The van der Waals surface area contributed by atoms with Gasteiger partial charge >= 0.3 is 0 Å². The summed E-state index contributed by atoms with van der Waals surface area (Å²) in [6.45, 7) is 5.18. The molecule has 0 aliphatic carbocycles. The average Bonchev–Trinajstić information content (AvgIpc) is 3.41. The zero-order valence-corrected chi connectivity index (χ0v) is 22.5. The molecule has 2 aromatic carbocycles. The van der Waals surface area contributed by atoms with Gasteiger partial charge in [0.25, 0.3) is 5.91 Å². The van der Waals surface area contributed by atoms with Crippen molar-refractivity contribution < 1.29 is 18.7 Å². The fourth-order valence-electron chi connectivity index (χ4n) is 4.06. The zero-order chi connectivity index (χ0) is 27.8. The molecular formula is C27H21Cl2FN6O3. The molecule has 198 valence electrons. The highest BCUT2D eigenvalue weighted by atomic mass is 35.5. The lowest BCUT2D eigenvalue weighted by Gasteiger charge is -2.16. The van der Waals surface area contributed by atoms with Crippen LogP contribution in [0, 0.1) is 5.82 Å². The highest BCUT2D eigenvalue weighted by molar-refractivity contribution is 6.41. The van der Waals surface area contributed by atoms with Crippen LogP contribution in [0.3, 0.4) is 0 Å². The molecule has 9 nitrogen and oxygen atoms in total. The van der Waals surface area contributed by atoms with E-state index in [4.69, 9.17) is 32.7 Å². The van der Waals surface area contributed by atoms with Crippen LogP contribution >= 0.6 is 23.2 Å². The summed E-state index contributed by atoms with van der Waals surface area (Å²) < 4.78 is 27.2. The van der Waals surface area contributed by atoms with Crippen LogP contribution in [0.1, 0.15) is 6.92 Å². The standard InChI is InChI=1S/C27H21Cl2FN6O3/c1-13(2)27(37)34-17-7-5-6-16(30)25(17)35-21-9-18-14(11-31-21)8-15(26-32-12-33-36(18)26)22-23(28)19(38-3)10-20(39-4)24(22)29/h5-12H,1H2,2-4H3,(H,31,35)(H,34,37). The SMILES string of the molecule is C=C(C)C(=O)Nc1cccc(F)c1Nc1cc2c(cn1)cc(-c1c(Cl)c(OC)cc(OC)c1Cl)c1ncnn12. The van der Waals surface area contributed by atoms with Crippen LogP contribution in [-0.4, -0.2) is 39.7 Å². The second-order valence-electron chi connectivity index (χ2n) is 8.49. The van der Waals surface area contributed by atoms with Crippen LogP contribution in [-0.2, 0) is 4.79 Å². The highest BCUT2D eigenvalue weighted by Crippen LogP contribution is 2.47. The molecule has 0 unspecified atom stereocenters. The van der Waals surface area contributed by atoms with Crippen LogP contribution in [0.2, 0.25) is 10.0 Å². The van der Waals surface area contributed by atoms with Gasteiger partial charge in [-0.25, -0.2) is 18.9 Å². The van der Waals surface area contributed by atoms with Crippen LogP contribution in [0.4, 0.5) is 21.6 Å². The Hall–Kier alpha value is -4.41. The van der Waals surface area contributed by atoms with Crippen molar-refractivity contribution in [2.75, 3.05) is 24.9 Å². The number of nitrogens with one attached hydrogen (secondary N) is 2. The number of para-hydroxylation sites is 1. The molecule has 0 aliphatic rings. The van der Waals surface area contributed by atoms with Crippen molar-refractivity contribution in [1.29, 1.82) is 0 Å². The van der Waals surface area contributed by atoms with Crippen LogP contribution in [0.5, 0.6) is 11.5 Å². The molecule has 0 saturated heterocycles. The van der Waals surface area contributed by atoms with E-state index in [-0.39, 0.29) is 27.0 Å². The monoisotopic (exact) mass is 566 g/mol. The number of hydrogen-bond acceptors (Lipinski definition) is 7. The van der Waals surface area contributed by atoms with Crippen molar-refractivity contribution in [3.63, 3.8) is 0 Å². The van der Waals surface area contributed by atoms with E-state index in [0.717, 1.165) is 0 Å². The third-order valence-electron chi connectivity index (χ3n) is 5.97. The molecular weight excluding hydrogens is 546 g/mol. The predicted octanol–water partition coefficient (Wildman–Crippen LogP) is 6.67. The molecule has 0 bridgehead atoms. The minimum Gasteiger partial charge on any atom is -0.495 e. The maximum absolute atomic E-state index is 14.8. The number of hydrogen-bond donors (Lipinski definition) is 2. The maximum Gasteiger partial charge on any atom is 0.250 e. The van der Waals surface area contributed by atoms with Gasteiger partial charge in [0.05, 0.1) is 41.2 Å². The Balaban J connectivity index is 1.64. The van der Waals surface area contributed by atoms with Gasteiger partial charge < -0.3 is 20.1 Å². The third kappa shape index (κ3) is 4.68. The lowest BCUT2D eigenvalue weighted by atomic mass is 10.0. The van der Waals surface area contributed by atoms with Crippen LogP contribution in [0.25, 0.3) is 27.7 Å². The first-order chi connectivity index (χ1) is 18.7. The Kier molecular flexibility index (Phi) is 6.98. The fourth-order valence-corrected chi connectivity index (χ4v) is 4.76. The fraction of sp³-hybridized carbons (Fsp3) is 0.111. The molecule has 0 fully saturated rings. The largest absolute Gasteiger partial charge is 0.495 e. The number of fused-ring (bicyclic) bond motifs is 3. The number of rotatable bonds is 7. The van der Waals surface area contributed by atoms with Gasteiger partial charge in [0.15, 0.2) is 5.65 Å². The lowest BCUT2D eigenvalue weighted by molar-refractivity contribution is -0.112. The molecule has 12 heteroatoms. The number of benzene rings is 2. The average molecular weight is 567 g/mol. The Bertz CT molecular complexity index is 1760. The summed E-state index contributed by atoms with van der Waals surface area (Å²) in [5.74, 6) is 0.0556. The minimum atomic E-state index is -0.575. The normalized spacial score (nSPS) is 11.0. The first-order valence-electron chi connectivity index (χ1n) is 11.5. The van der Waals surface area contributed by atoms with Crippen molar-refractivity contribution in [3.8, 4) is 22.6 Å². The number of carbonyl (C=O) groups excluding carboxylic acids is 1. The smallest absolute Gasteiger partial charge is 0.250 e. The molecule has 2 N–H and O–H groups in total. The molecule has 3 heterocycles. The van der Waals surface area contributed by atoms with Gasteiger partial charge in [0, 0.05) is 40.4 Å². The summed E-state index contributed by atoms with van der Waals surface area (Å²) in [4.78, 5) is 21.0. The number of amides is 1. The Labute approximate surface area is 232 Å². The lowest BCUT2D eigenvalue weighted by Crippen LogP contribution is -2.13. The van der Waals surface area contributed by atoms with E-state index in [2.05, 4.69) is 32.3 Å². The topological polar surface area (TPSA) is 103 Å². The third-order valence-corrected chi connectivity index (χ3v) is 6.72. The van der Waals surface area contributed by atoms with E-state index in [1.165, 1.54) is 32.7 Å². The van der Waals surface area contributed by atoms with Gasteiger partial charge in [-0.2, -0.15) is 5.10 Å². The molecule has 5 aromatic rings. The first kappa shape index (κ1) is 26.2. The summed E-state index contributed by atoms with van der Waals surface area (Å²) in [5, 5.41) is 11.2. The van der Waals surface area contributed by atoms with E-state index in [9.17, 15) is 9.18 Å². The van der Waals surface area contributed by atoms with E-state index in [1.807, 2.05) is 6.07 Å². The molecule has 0 spiro atoms. The second-order valence-corrected chi connectivity index (χ2v) is 9.24. The quantitative estimate of drug-likeness (QED) is 0.212. The predicted molar refractivity (Wildman–Crippen MR) is 150 cm³/mol. The Morgan fingerprint density at radius 2 is 1.79 bits per heavy atom. The maximum atomic E-state index is 14.8. The summed E-state index contributed by atoms with van der Waals surface area (Å²) in [6, 6.07) is 9.46. The zero-order valence-electron chi connectivity index (χ0n) is 21.0. The molecule has 39 heavy (non-hydrogen) atoms. The van der Waals surface area contributed by atoms with Gasteiger partial charge in [0.1, 0.15) is 29.5 Å². The summed E-state index contributed by atoms with van der Waals surface area (Å²) in [5.41, 5.74) is 2.69. The van der Waals surface area contributed by atoms with E-state index in [0.29, 0.717) is 45.0 Å². The van der Waals surface area contributed by atoms with Gasteiger partial charge in [-0.3, -0.25) is 4.79 Å². The van der Waals surface area contributed by atoms with E-state index in [1.54, 1.807) is 35.8 Å². The van der Waals surface area contributed by atoms with Gasteiger partial charge in [-0.1, -0.05) is 35.8 Å². The van der Waals surface area contributed by atoms with Crippen molar-refractivity contribution in [2.24, 2.45) is 0 Å². The van der Waals surface area contributed by atoms with Crippen molar-refractivity contribution in [2.45, 2.75) is 6.92 Å². The van der Waals surface area contributed by atoms with Crippen molar-refractivity contribution in [3.05, 3.63) is 76.9 Å². The summed E-state index contributed by atoms with van der Waals surface area (Å²) in [6.07, 6.45) is 2.99. The highest BCUT2D eigenvalue weighted by Gasteiger charge is 2.23. The number of anilines is 3. The van der Waals surface area contributed by atoms with Crippen LogP contribution in [0.15, 0.2) is 61.1 Å². The molecule has 0 saturated carbocycles. The van der Waals surface area contributed by atoms with Crippen LogP contribution < -0.4 is 20.1 Å². The number of methoxy groups -OCH3 is 2. The molecule has 0 radical (unpaired) electrons.